The molecule has 1 aromatic carbocycles. The molecule has 1 rings (SSSR count). The number of benzene rings is 1. The van der Waals surface area contributed by atoms with Crippen LogP contribution in [-0.4, -0.2) is 14.2 Å². The Balaban J connectivity index is 3.25. The molecule has 0 N–H and O–H groups in total. The molecule has 0 fully saturated rings. The van der Waals surface area contributed by atoms with Gasteiger partial charge < -0.3 is 9.47 Å². The number of methoxy groups -OCH3 is 2. The van der Waals surface area contributed by atoms with Gasteiger partial charge >= 0.3 is 0 Å². The molecule has 0 spiro atoms. The Hall–Kier alpha value is -0.410. The summed E-state index contributed by atoms with van der Waals surface area (Å²) in [6.07, 6.45) is 0. The van der Waals surface area contributed by atoms with Gasteiger partial charge in [-0.05, 0) is 12.1 Å². The van der Waals surface area contributed by atoms with E-state index in [9.17, 15) is 0 Å². The molecule has 0 saturated carbocycles. The summed E-state index contributed by atoms with van der Waals surface area (Å²) in [7, 11) is 3.22. The Morgan fingerprint density at radius 2 is 1.69 bits per heavy atom. The molecule has 0 aromatic heterocycles. The van der Waals surface area contributed by atoms with Crippen LogP contribution in [0.2, 0.25) is 5.02 Å². The molecule has 0 aliphatic heterocycles. The minimum absolute atomic E-state index is 0.610. The highest BCUT2D eigenvalue weighted by atomic mass is 79.9. The Morgan fingerprint density at radius 3 is 2.00 bits per heavy atom. The van der Waals surface area contributed by atoms with Gasteiger partial charge in [0.2, 0.25) is 0 Å². The second-order valence-electron chi connectivity index (χ2n) is 2.42. The standard InChI is InChI=1S/C9H10BrClO2/c1-12-8-3-6(11)4-9(13-2)7(8)5-10/h3-4H,5H2,1-2H3. The first kappa shape index (κ1) is 10.7. The molecule has 13 heavy (non-hydrogen) atoms. The van der Waals surface area contributed by atoms with Gasteiger partial charge in [0.25, 0.3) is 0 Å². The van der Waals surface area contributed by atoms with Gasteiger partial charge in [0.15, 0.2) is 0 Å². The van der Waals surface area contributed by atoms with Crippen LogP contribution in [0.3, 0.4) is 0 Å². The Morgan fingerprint density at radius 1 is 1.23 bits per heavy atom. The van der Waals surface area contributed by atoms with Crippen LogP contribution in [0.5, 0.6) is 11.5 Å². The third-order valence-electron chi connectivity index (χ3n) is 1.71. The fraction of sp³-hybridized carbons (Fsp3) is 0.333. The third kappa shape index (κ3) is 2.29. The smallest absolute Gasteiger partial charge is 0.128 e. The maximum Gasteiger partial charge on any atom is 0.128 e. The molecular weight excluding hydrogens is 255 g/mol. The van der Waals surface area contributed by atoms with Crippen LogP contribution in [0.15, 0.2) is 12.1 Å². The summed E-state index contributed by atoms with van der Waals surface area (Å²) in [5, 5.41) is 1.29. The van der Waals surface area contributed by atoms with Crippen LogP contribution in [0.1, 0.15) is 5.56 Å². The van der Waals surface area contributed by atoms with Crippen molar-refractivity contribution in [2.24, 2.45) is 0 Å². The van der Waals surface area contributed by atoms with E-state index in [2.05, 4.69) is 15.9 Å². The van der Waals surface area contributed by atoms with E-state index in [-0.39, 0.29) is 0 Å². The predicted octanol–water partition coefficient (Wildman–Crippen LogP) is 3.25. The van der Waals surface area contributed by atoms with Crippen LogP contribution in [0.25, 0.3) is 0 Å². The van der Waals surface area contributed by atoms with E-state index < -0.39 is 0 Å². The van der Waals surface area contributed by atoms with Crippen molar-refractivity contribution in [2.75, 3.05) is 14.2 Å². The van der Waals surface area contributed by atoms with Gasteiger partial charge in [-0.15, -0.1) is 0 Å². The molecule has 0 amide bonds. The van der Waals surface area contributed by atoms with Gasteiger partial charge in [-0.2, -0.15) is 0 Å². The maximum atomic E-state index is 5.86. The van der Waals surface area contributed by atoms with Crippen molar-refractivity contribution >= 4 is 27.5 Å². The van der Waals surface area contributed by atoms with Crippen LogP contribution in [0, 0.1) is 0 Å². The number of rotatable bonds is 3. The minimum atomic E-state index is 0.610. The molecule has 0 atom stereocenters. The van der Waals surface area contributed by atoms with E-state index in [4.69, 9.17) is 21.1 Å². The number of alkyl halides is 1. The molecule has 0 heterocycles. The van der Waals surface area contributed by atoms with Gasteiger partial charge in [0.1, 0.15) is 11.5 Å². The first-order valence-electron chi connectivity index (χ1n) is 3.69. The van der Waals surface area contributed by atoms with Crippen LogP contribution < -0.4 is 9.47 Å². The molecule has 0 radical (unpaired) electrons. The summed E-state index contributed by atoms with van der Waals surface area (Å²) in [4.78, 5) is 0. The van der Waals surface area contributed by atoms with Gasteiger partial charge in [0.05, 0.1) is 14.2 Å². The fourth-order valence-electron chi connectivity index (χ4n) is 1.08. The second-order valence-corrected chi connectivity index (χ2v) is 3.42. The first-order chi connectivity index (χ1) is 6.22. The quantitative estimate of drug-likeness (QED) is 0.781. The van der Waals surface area contributed by atoms with Crippen molar-refractivity contribution in [2.45, 2.75) is 5.33 Å². The summed E-state index contributed by atoms with van der Waals surface area (Å²) < 4.78 is 10.3. The zero-order valence-corrected chi connectivity index (χ0v) is 9.78. The highest BCUT2D eigenvalue weighted by molar-refractivity contribution is 9.08. The molecule has 0 aliphatic rings. The summed E-state index contributed by atoms with van der Waals surface area (Å²) in [6.45, 7) is 0. The van der Waals surface area contributed by atoms with E-state index in [0.717, 1.165) is 17.1 Å². The molecule has 0 aliphatic carbocycles. The van der Waals surface area contributed by atoms with E-state index >= 15 is 0 Å². The fourth-order valence-corrected chi connectivity index (χ4v) is 1.83. The van der Waals surface area contributed by atoms with E-state index in [1.807, 2.05) is 0 Å². The number of halogens is 2. The Bertz CT molecular complexity index is 277. The minimum Gasteiger partial charge on any atom is -0.496 e. The van der Waals surface area contributed by atoms with Gasteiger partial charge in [-0.25, -0.2) is 0 Å². The van der Waals surface area contributed by atoms with Crippen LogP contribution >= 0.6 is 27.5 Å². The van der Waals surface area contributed by atoms with Crippen molar-refractivity contribution in [3.63, 3.8) is 0 Å². The molecule has 0 saturated heterocycles. The average Bonchev–Trinajstić information content (AvgIpc) is 2.16. The molecule has 2 nitrogen and oxygen atoms in total. The zero-order chi connectivity index (χ0) is 9.84. The molecule has 0 unspecified atom stereocenters. The lowest BCUT2D eigenvalue weighted by atomic mass is 10.2. The summed E-state index contributed by atoms with van der Waals surface area (Å²) in [5.74, 6) is 1.47. The maximum absolute atomic E-state index is 5.86. The molecule has 1 aromatic rings. The van der Waals surface area contributed by atoms with Crippen LogP contribution in [-0.2, 0) is 5.33 Å². The van der Waals surface area contributed by atoms with E-state index in [0.29, 0.717) is 10.4 Å². The topological polar surface area (TPSA) is 18.5 Å². The lowest BCUT2D eigenvalue weighted by molar-refractivity contribution is 0.388. The SMILES string of the molecule is COc1cc(Cl)cc(OC)c1CBr. The number of hydrogen-bond acceptors (Lipinski definition) is 2. The third-order valence-corrected chi connectivity index (χ3v) is 2.49. The lowest BCUT2D eigenvalue weighted by Crippen LogP contribution is -1.94. The van der Waals surface area contributed by atoms with Gasteiger partial charge in [-0.1, -0.05) is 27.5 Å². The molecule has 72 valence electrons. The Kier molecular flexibility index (Phi) is 3.88. The van der Waals surface area contributed by atoms with Crippen molar-refractivity contribution < 1.29 is 9.47 Å². The zero-order valence-electron chi connectivity index (χ0n) is 7.43. The van der Waals surface area contributed by atoms with Gasteiger partial charge in [-0.3, -0.25) is 0 Å². The number of hydrogen-bond donors (Lipinski definition) is 0. The van der Waals surface area contributed by atoms with Crippen molar-refractivity contribution in [3.8, 4) is 11.5 Å². The largest absolute Gasteiger partial charge is 0.496 e. The normalized spacial score (nSPS) is 9.85. The summed E-state index contributed by atoms with van der Waals surface area (Å²) >= 11 is 9.22. The highest BCUT2D eigenvalue weighted by Gasteiger charge is 2.09. The second kappa shape index (κ2) is 4.72. The molecule has 0 bridgehead atoms. The monoisotopic (exact) mass is 264 g/mol. The molecular formula is C9H10BrClO2. The van der Waals surface area contributed by atoms with E-state index in [1.165, 1.54) is 0 Å². The summed E-state index contributed by atoms with van der Waals surface area (Å²) in [5.41, 5.74) is 0.967. The van der Waals surface area contributed by atoms with Crippen molar-refractivity contribution in [1.29, 1.82) is 0 Å². The van der Waals surface area contributed by atoms with Gasteiger partial charge in [0, 0.05) is 15.9 Å². The first-order valence-corrected chi connectivity index (χ1v) is 5.19. The Labute approximate surface area is 90.9 Å². The van der Waals surface area contributed by atoms with E-state index in [1.54, 1.807) is 26.4 Å². The molecule has 4 heteroatoms. The number of ether oxygens (including phenoxy) is 2. The highest BCUT2D eigenvalue weighted by Crippen LogP contribution is 2.33. The van der Waals surface area contributed by atoms with Crippen molar-refractivity contribution in [3.05, 3.63) is 22.7 Å². The average molecular weight is 266 g/mol. The van der Waals surface area contributed by atoms with Crippen molar-refractivity contribution in [1.82, 2.24) is 0 Å². The van der Waals surface area contributed by atoms with Crippen LogP contribution in [0.4, 0.5) is 0 Å². The lowest BCUT2D eigenvalue weighted by Gasteiger charge is -2.11. The summed E-state index contributed by atoms with van der Waals surface area (Å²) in [6, 6.07) is 3.53. The predicted molar refractivity (Wildman–Crippen MR) is 57.2 cm³/mol.